The van der Waals surface area contributed by atoms with Gasteiger partial charge in [0.1, 0.15) is 5.54 Å². The van der Waals surface area contributed by atoms with E-state index in [-0.39, 0.29) is 24.1 Å². The van der Waals surface area contributed by atoms with Gasteiger partial charge in [0, 0.05) is 13.1 Å². The number of hydrogen-bond acceptors (Lipinski definition) is 5. The van der Waals surface area contributed by atoms with Crippen molar-refractivity contribution in [3.05, 3.63) is 48.0 Å². The summed E-state index contributed by atoms with van der Waals surface area (Å²) in [6.07, 6.45) is 3.24. The van der Waals surface area contributed by atoms with Crippen LogP contribution in [-0.4, -0.2) is 61.4 Å². The standard InChI is InChI=1S/C23H30N4O3S/c1-31-16-21(29)27-23(9-11-24-12-10-23)22(30)26-14-13-25-20(28)15-18-7-4-6-17-5-2-3-8-19(17)18/h2-8,24H,9-16H2,1H3,(H,25,28)(H,26,30)(H,27,29). The fourth-order valence-corrected chi connectivity index (χ4v) is 4.26. The number of fused-ring (bicyclic) bond motifs is 1. The Morgan fingerprint density at radius 3 is 2.45 bits per heavy atom. The molecule has 2 aromatic carbocycles. The number of benzene rings is 2. The molecule has 1 aliphatic rings. The van der Waals surface area contributed by atoms with Gasteiger partial charge in [0.15, 0.2) is 0 Å². The lowest BCUT2D eigenvalue weighted by molar-refractivity contribution is -0.133. The van der Waals surface area contributed by atoms with Crippen LogP contribution in [0.15, 0.2) is 42.5 Å². The Hall–Kier alpha value is -2.58. The van der Waals surface area contributed by atoms with Gasteiger partial charge in [0.05, 0.1) is 12.2 Å². The van der Waals surface area contributed by atoms with Gasteiger partial charge in [-0.1, -0.05) is 42.5 Å². The van der Waals surface area contributed by atoms with Crippen molar-refractivity contribution in [2.75, 3.05) is 38.2 Å². The Kier molecular flexibility index (Phi) is 8.31. The number of hydrogen-bond donors (Lipinski definition) is 4. The van der Waals surface area contributed by atoms with Gasteiger partial charge in [0.2, 0.25) is 17.7 Å². The van der Waals surface area contributed by atoms with Crippen molar-refractivity contribution in [1.82, 2.24) is 21.3 Å². The second kappa shape index (κ2) is 11.2. The van der Waals surface area contributed by atoms with E-state index in [0.29, 0.717) is 44.8 Å². The lowest BCUT2D eigenvalue weighted by atomic mass is 9.87. The molecule has 0 aromatic heterocycles. The van der Waals surface area contributed by atoms with E-state index in [1.54, 1.807) is 0 Å². The molecule has 3 rings (SSSR count). The Labute approximate surface area is 187 Å². The molecule has 0 radical (unpaired) electrons. The predicted octanol–water partition coefficient (Wildman–Crippen LogP) is 1.22. The zero-order valence-electron chi connectivity index (χ0n) is 17.8. The summed E-state index contributed by atoms with van der Waals surface area (Å²) >= 11 is 1.43. The molecule has 3 amide bonds. The molecule has 166 valence electrons. The molecule has 0 bridgehead atoms. The quantitative estimate of drug-likeness (QED) is 0.438. The van der Waals surface area contributed by atoms with Crippen LogP contribution in [0.25, 0.3) is 10.8 Å². The van der Waals surface area contributed by atoms with E-state index in [1.165, 1.54) is 11.8 Å². The normalized spacial score (nSPS) is 15.3. The van der Waals surface area contributed by atoms with E-state index in [0.717, 1.165) is 16.3 Å². The van der Waals surface area contributed by atoms with Crippen LogP contribution >= 0.6 is 11.8 Å². The van der Waals surface area contributed by atoms with Gasteiger partial charge in [0.25, 0.3) is 0 Å². The van der Waals surface area contributed by atoms with Gasteiger partial charge in [-0.05, 0) is 48.5 Å². The molecule has 8 heteroatoms. The molecule has 1 aliphatic heterocycles. The molecule has 0 saturated carbocycles. The van der Waals surface area contributed by atoms with Crippen molar-refractivity contribution >= 4 is 40.3 Å². The highest BCUT2D eigenvalue weighted by atomic mass is 32.2. The van der Waals surface area contributed by atoms with Crippen LogP contribution in [0.3, 0.4) is 0 Å². The van der Waals surface area contributed by atoms with Gasteiger partial charge in [-0.15, -0.1) is 0 Å². The van der Waals surface area contributed by atoms with Crippen molar-refractivity contribution in [3.63, 3.8) is 0 Å². The molecule has 0 aliphatic carbocycles. The topological polar surface area (TPSA) is 99.3 Å². The summed E-state index contributed by atoms with van der Waals surface area (Å²) in [5.41, 5.74) is 0.0928. The van der Waals surface area contributed by atoms with Crippen LogP contribution in [0.2, 0.25) is 0 Å². The Morgan fingerprint density at radius 2 is 1.68 bits per heavy atom. The van der Waals surface area contributed by atoms with Crippen molar-refractivity contribution in [1.29, 1.82) is 0 Å². The monoisotopic (exact) mass is 442 g/mol. The minimum atomic E-state index is -0.884. The first kappa shape index (κ1) is 23.1. The predicted molar refractivity (Wildman–Crippen MR) is 125 cm³/mol. The molecular weight excluding hydrogens is 412 g/mol. The van der Waals surface area contributed by atoms with Crippen LogP contribution in [0, 0.1) is 0 Å². The molecule has 0 unspecified atom stereocenters. The number of nitrogens with one attached hydrogen (secondary N) is 4. The van der Waals surface area contributed by atoms with Crippen LogP contribution in [0.5, 0.6) is 0 Å². The molecule has 0 spiro atoms. The number of thioether (sulfide) groups is 1. The van der Waals surface area contributed by atoms with E-state index in [9.17, 15) is 14.4 Å². The molecule has 1 heterocycles. The molecule has 1 fully saturated rings. The largest absolute Gasteiger partial charge is 0.354 e. The zero-order chi connectivity index (χ0) is 22.1. The fraction of sp³-hybridized carbons (Fsp3) is 0.435. The van der Waals surface area contributed by atoms with E-state index < -0.39 is 5.54 Å². The van der Waals surface area contributed by atoms with Gasteiger partial charge in [-0.3, -0.25) is 14.4 Å². The Bertz CT molecular complexity index is 923. The average Bonchev–Trinajstić information content (AvgIpc) is 2.77. The van der Waals surface area contributed by atoms with Crippen LogP contribution < -0.4 is 21.3 Å². The minimum Gasteiger partial charge on any atom is -0.354 e. The van der Waals surface area contributed by atoms with E-state index in [2.05, 4.69) is 21.3 Å². The first-order valence-electron chi connectivity index (χ1n) is 10.6. The van der Waals surface area contributed by atoms with E-state index in [4.69, 9.17) is 0 Å². The van der Waals surface area contributed by atoms with Crippen LogP contribution in [-0.2, 0) is 20.8 Å². The fourth-order valence-electron chi connectivity index (χ4n) is 3.93. The maximum atomic E-state index is 12.9. The SMILES string of the molecule is CSCC(=O)NC1(C(=O)NCCNC(=O)Cc2cccc3ccccc23)CCNCC1. The molecule has 0 atom stereocenters. The smallest absolute Gasteiger partial charge is 0.245 e. The zero-order valence-corrected chi connectivity index (χ0v) is 18.6. The van der Waals surface area contributed by atoms with Gasteiger partial charge < -0.3 is 21.3 Å². The molecule has 31 heavy (non-hydrogen) atoms. The third kappa shape index (κ3) is 6.21. The van der Waals surface area contributed by atoms with E-state index >= 15 is 0 Å². The summed E-state index contributed by atoms with van der Waals surface area (Å²) in [5, 5.41) is 14.1. The molecule has 2 aromatic rings. The lowest BCUT2D eigenvalue weighted by Gasteiger charge is -2.37. The number of carbonyl (C=O) groups excluding carboxylic acids is 3. The molecule has 7 nitrogen and oxygen atoms in total. The summed E-state index contributed by atoms with van der Waals surface area (Å²) in [6, 6.07) is 13.9. The van der Waals surface area contributed by atoms with Crippen molar-refractivity contribution in [3.8, 4) is 0 Å². The van der Waals surface area contributed by atoms with Crippen molar-refractivity contribution < 1.29 is 14.4 Å². The first-order chi connectivity index (χ1) is 15.0. The lowest BCUT2D eigenvalue weighted by Crippen LogP contribution is -2.63. The van der Waals surface area contributed by atoms with E-state index in [1.807, 2.05) is 48.7 Å². The first-order valence-corrected chi connectivity index (χ1v) is 12.0. The van der Waals surface area contributed by atoms with Gasteiger partial charge in [-0.25, -0.2) is 0 Å². The van der Waals surface area contributed by atoms with Crippen molar-refractivity contribution in [2.45, 2.75) is 24.8 Å². The molecule has 1 saturated heterocycles. The number of rotatable bonds is 9. The number of amides is 3. The number of piperidine rings is 1. The second-order valence-electron chi connectivity index (χ2n) is 7.73. The minimum absolute atomic E-state index is 0.0875. The Balaban J connectivity index is 1.49. The van der Waals surface area contributed by atoms with Gasteiger partial charge in [-0.2, -0.15) is 11.8 Å². The maximum Gasteiger partial charge on any atom is 0.245 e. The molecule has 4 N–H and O–H groups in total. The second-order valence-corrected chi connectivity index (χ2v) is 8.60. The third-order valence-corrected chi connectivity index (χ3v) is 6.06. The van der Waals surface area contributed by atoms with Crippen LogP contribution in [0.4, 0.5) is 0 Å². The maximum absolute atomic E-state index is 12.9. The summed E-state index contributed by atoms with van der Waals surface area (Å²) in [4.78, 5) is 37.4. The average molecular weight is 443 g/mol. The summed E-state index contributed by atoms with van der Waals surface area (Å²) in [7, 11) is 0. The summed E-state index contributed by atoms with van der Waals surface area (Å²) < 4.78 is 0. The van der Waals surface area contributed by atoms with Crippen LogP contribution in [0.1, 0.15) is 18.4 Å². The highest BCUT2D eigenvalue weighted by Crippen LogP contribution is 2.20. The highest BCUT2D eigenvalue weighted by Gasteiger charge is 2.40. The summed E-state index contributed by atoms with van der Waals surface area (Å²) in [6.45, 7) is 2.00. The number of carbonyl (C=O) groups is 3. The Morgan fingerprint density at radius 1 is 0.968 bits per heavy atom. The molecular formula is C23H30N4O3S. The third-order valence-electron chi connectivity index (χ3n) is 5.51. The summed E-state index contributed by atoms with van der Waals surface area (Å²) in [5.74, 6) is -0.0812. The van der Waals surface area contributed by atoms with Gasteiger partial charge >= 0.3 is 0 Å². The highest BCUT2D eigenvalue weighted by molar-refractivity contribution is 7.99. The van der Waals surface area contributed by atoms with Crippen molar-refractivity contribution in [2.24, 2.45) is 0 Å².